The van der Waals surface area contributed by atoms with Gasteiger partial charge in [-0.25, -0.2) is 9.59 Å². The van der Waals surface area contributed by atoms with Crippen molar-refractivity contribution in [1.82, 2.24) is 10.2 Å². The van der Waals surface area contributed by atoms with Crippen molar-refractivity contribution in [3.05, 3.63) is 35.4 Å². The minimum absolute atomic E-state index is 0.430. The molecule has 0 amide bonds. The number of hydrogen-bond donors (Lipinski definition) is 3. The van der Waals surface area contributed by atoms with Gasteiger partial charge in [-0.15, -0.1) is 0 Å². The molecule has 5 rings (SSSR count). The van der Waals surface area contributed by atoms with E-state index in [4.69, 9.17) is 24.5 Å². The SMILES string of the molecule is O=C(O)C(F)(F)F.O=C(O)C(F)(F)F.c1ccc2c(c1)C(NC1CCOCC1)CC21CCN(CC2CC2)CC1. The third-order valence-corrected chi connectivity index (χ3v) is 7.67. The second-order valence-corrected chi connectivity index (χ2v) is 10.5. The molecule has 1 saturated carbocycles. The van der Waals surface area contributed by atoms with E-state index in [1.165, 1.54) is 64.6 Å². The van der Waals surface area contributed by atoms with Crippen LogP contribution >= 0.6 is 0 Å². The molecule has 2 saturated heterocycles. The van der Waals surface area contributed by atoms with E-state index in [9.17, 15) is 26.3 Å². The molecule has 1 aromatic carbocycles. The van der Waals surface area contributed by atoms with Gasteiger partial charge in [0.25, 0.3) is 0 Å². The number of benzene rings is 1. The number of ether oxygens (including phenoxy) is 1. The fourth-order valence-corrected chi connectivity index (χ4v) is 5.49. The number of nitrogens with zero attached hydrogens (tertiary/aromatic N) is 1. The van der Waals surface area contributed by atoms with Gasteiger partial charge in [0.05, 0.1) is 0 Å². The summed E-state index contributed by atoms with van der Waals surface area (Å²) in [5.74, 6) is -4.49. The summed E-state index contributed by atoms with van der Waals surface area (Å²) in [6.07, 6.45) is -0.878. The molecule has 1 atom stereocenters. The van der Waals surface area contributed by atoms with Gasteiger partial charge in [-0.05, 0) is 80.5 Å². The van der Waals surface area contributed by atoms with Crippen LogP contribution in [0, 0.1) is 5.92 Å². The van der Waals surface area contributed by atoms with Gasteiger partial charge in [0.2, 0.25) is 0 Å². The molecule has 4 aliphatic rings. The molecular weight excluding hydrogens is 534 g/mol. The summed E-state index contributed by atoms with van der Waals surface area (Å²) in [5.41, 5.74) is 3.68. The standard InChI is InChI=1S/C22H32N2O.2C2HF3O2/c1-2-4-20-19(3-1)21(23-18-7-13-25-14-8-18)15-22(20)9-11-24(12-10-22)16-17-5-6-17;2*3-2(4,5)1(6)7/h1-4,17-18,21,23H,5-16H2;2*(H,6,7). The molecular formula is C26H34F6N2O5. The van der Waals surface area contributed by atoms with Gasteiger partial charge in [0.15, 0.2) is 0 Å². The van der Waals surface area contributed by atoms with E-state index in [0.29, 0.717) is 17.5 Å². The largest absolute Gasteiger partial charge is 0.490 e. The van der Waals surface area contributed by atoms with Gasteiger partial charge < -0.3 is 25.2 Å². The van der Waals surface area contributed by atoms with E-state index in [2.05, 4.69) is 34.5 Å². The fourth-order valence-electron chi connectivity index (χ4n) is 5.49. The van der Waals surface area contributed by atoms with Gasteiger partial charge >= 0.3 is 24.3 Å². The maximum Gasteiger partial charge on any atom is 0.490 e. The van der Waals surface area contributed by atoms with Crippen LogP contribution in [0.5, 0.6) is 0 Å². The first-order valence-electron chi connectivity index (χ1n) is 13.0. The number of alkyl halides is 6. The van der Waals surface area contributed by atoms with Crippen LogP contribution in [0.1, 0.15) is 62.1 Å². The Bertz CT molecular complexity index is 944. The Hall–Kier alpha value is -2.38. The zero-order valence-corrected chi connectivity index (χ0v) is 21.4. The van der Waals surface area contributed by atoms with Crippen LogP contribution in [0.3, 0.4) is 0 Å². The van der Waals surface area contributed by atoms with Crippen LogP contribution < -0.4 is 5.32 Å². The zero-order chi connectivity index (χ0) is 28.8. The van der Waals surface area contributed by atoms with Gasteiger partial charge in [0.1, 0.15) is 0 Å². The minimum Gasteiger partial charge on any atom is -0.475 e. The Morgan fingerprint density at radius 1 is 0.923 bits per heavy atom. The molecule has 2 aliphatic heterocycles. The first kappa shape index (κ1) is 31.2. The van der Waals surface area contributed by atoms with Gasteiger partial charge in [0, 0.05) is 31.8 Å². The van der Waals surface area contributed by atoms with Gasteiger partial charge in [-0.3, -0.25) is 0 Å². The summed E-state index contributed by atoms with van der Waals surface area (Å²) in [7, 11) is 0. The number of nitrogens with one attached hydrogen (secondary N) is 1. The zero-order valence-electron chi connectivity index (χ0n) is 21.4. The smallest absolute Gasteiger partial charge is 0.475 e. The van der Waals surface area contributed by atoms with Crippen molar-refractivity contribution < 1.29 is 50.9 Å². The highest BCUT2D eigenvalue weighted by atomic mass is 19.4. The predicted octanol–water partition coefficient (Wildman–Crippen LogP) is 4.91. The first-order valence-corrected chi connectivity index (χ1v) is 13.0. The molecule has 220 valence electrons. The molecule has 3 N–H and O–H groups in total. The van der Waals surface area contributed by atoms with Crippen molar-refractivity contribution >= 4 is 11.9 Å². The van der Waals surface area contributed by atoms with E-state index in [-0.39, 0.29) is 0 Å². The third kappa shape index (κ3) is 9.07. The average molecular weight is 569 g/mol. The Kier molecular flexibility index (Phi) is 10.3. The van der Waals surface area contributed by atoms with Gasteiger partial charge in [-0.1, -0.05) is 24.3 Å². The van der Waals surface area contributed by atoms with Crippen LogP contribution in [-0.2, 0) is 19.7 Å². The molecule has 0 bridgehead atoms. The molecule has 3 fully saturated rings. The summed E-state index contributed by atoms with van der Waals surface area (Å²) in [6, 6.07) is 10.5. The minimum atomic E-state index is -5.08. The molecule has 2 aliphatic carbocycles. The number of likely N-dealkylation sites (tertiary alicyclic amines) is 1. The van der Waals surface area contributed by atoms with Crippen molar-refractivity contribution in [1.29, 1.82) is 0 Å². The number of aliphatic carboxylic acids is 2. The lowest BCUT2D eigenvalue weighted by molar-refractivity contribution is -0.193. The van der Waals surface area contributed by atoms with E-state index in [1.807, 2.05) is 0 Å². The summed E-state index contributed by atoms with van der Waals surface area (Å²) < 4.78 is 69.0. The number of hydrogen-bond acceptors (Lipinski definition) is 5. The highest BCUT2D eigenvalue weighted by molar-refractivity contribution is 5.73. The summed E-state index contributed by atoms with van der Waals surface area (Å²) in [4.78, 5) is 20.5. The van der Waals surface area contributed by atoms with Crippen LogP contribution in [0.2, 0.25) is 0 Å². The Labute approximate surface area is 222 Å². The molecule has 0 radical (unpaired) electrons. The average Bonchev–Trinajstić information content (AvgIpc) is 3.64. The van der Waals surface area contributed by atoms with E-state index in [1.54, 1.807) is 11.1 Å². The lowest BCUT2D eigenvalue weighted by Crippen LogP contribution is -2.43. The molecule has 7 nitrogen and oxygen atoms in total. The molecule has 39 heavy (non-hydrogen) atoms. The number of carboxylic acid groups (broad SMARTS) is 2. The Morgan fingerprint density at radius 2 is 1.44 bits per heavy atom. The summed E-state index contributed by atoms with van der Waals surface area (Å²) in [5, 5.41) is 18.3. The van der Waals surface area contributed by atoms with Crippen molar-refractivity contribution in [2.45, 2.75) is 74.8 Å². The first-order chi connectivity index (χ1) is 18.2. The van der Waals surface area contributed by atoms with E-state index < -0.39 is 24.3 Å². The Balaban J connectivity index is 0.000000251. The maximum absolute atomic E-state index is 10.6. The number of fused-ring (bicyclic) bond motifs is 2. The number of piperidine rings is 1. The maximum atomic E-state index is 10.6. The third-order valence-electron chi connectivity index (χ3n) is 7.67. The van der Waals surface area contributed by atoms with Gasteiger partial charge in [-0.2, -0.15) is 26.3 Å². The van der Waals surface area contributed by atoms with Crippen LogP contribution in [-0.4, -0.2) is 78.3 Å². The molecule has 13 heteroatoms. The molecule has 2 heterocycles. The second kappa shape index (κ2) is 12.9. The molecule has 0 aromatic heterocycles. The second-order valence-electron chi connectivity index (χ2n) is 10.5. The number of carboxylic acids is 2. The fraction of sp³-hybridized carbons (Fsp3) is 0.692. The van der Waals surface area contributed by atoms with E-state index in [0.717, 1.165) is 19.1 Å². The highest BCUT2D eigenvalue weighted by Gasteiger charge is 2.46. The van der Waals surface area contributed by atoms with Crippen molar-refractivity contribution in [3.8, 4) is 0 Å². The summed E-state index contributed by atoms with van der Waals surface area (Å²) in [6.45, 7) is 5.81. The summed E-state index contributed by atoms with van der Waals surface area (Å²) >= 11 is 0. The number of carbonyl (C=O) groups is 2. The van der Waals surface area contributed by atoms with Crippen LogP contribution in [0.15, 0.2) is 24.3 Å². The topological polar surface area (TPSA) is 99.1 Å². The Morgan fingerprint density at radius 3 is 1.92 bits per heavy atom. The quantitative estimate of drug-likeness (QED) is 0.444. The molecule has 1 unspecified atom stereocenters. The van der Waals surface area contributed by atoms with Crippen LogP contribution in [0.25, 0.3) is 0 Å². The highest BCUT2D eigenvalue weighted by Crippen LogP contribution is 2.51. The number of halogens is 6. The van der Waals surface area contributed by atoms with Crippen molar-refractivity contribution in [2.24, 2.45) is 5.92 Å². The molecule has 1 aromatic rings. The monoisotopic (exact) mass is 568 g/mol. The van der Waals surface area contributed by atoms with E-state index >= 15 is 0 Å². The lowest BCUT2D eigenvalue weighted by atomic mass is 9.73. The number of rotatable bonds is 4. The van der Waals surface area contributed by atoms with Crippen molar-refractivity contribution in [3.63, 3.8) is 0 Å². The lowest BCUT2D eigenvalue weighted by Gasteiger charge is -2.40. The van der Waals surface area contributed by atoms with Crippen LogP contribution in [0.4, 0.5) is 26.3 Å². The molecule has 1 spiro atoms. The van der Waals surface area contributed by atoms with Crippen molar-refractivity contribution in [2.75, 3.05) is 32.8 Å². The predicted molar refractivity (Wildman–Crippen MR) is 128 cm³/mol. The normalized spacial score (nSPS) is 23.2.